The van der Waals surface area contributed by atoms with Gasteiger partial charge >= 0.3 is 5.97 Å². The summed E-state index contributed by atoms with van der Waals surface area (Å²) in [6.07, 6.45) is 1.99. The molecule has 1 rings (SSSR count). The Bertz CT molecular complexity index is 179. The van der Waals surface area contributed by atoms with E-state index in [0.29, 0.717) is 0 Å². The van der Waals surface area contributed by atoms with Gasteiger partial charge in [-0.05, 0) is 26.3 Å². The van der Waals surface area contributed by atoms with Gasteiger partial charge in [-0.2, -0.15) is 0 Å². The Balaban J connectivity index is 2.67. The first-order valence-electron chi connectivity index (χ1n) is 4.24. The number of hydrogen-bond donors (Lipinski definition) is 2. The SMILES string of the molecule is C=C(C)[C@@H]1CCCN[C@H]1C(=O)O. The van der Waals surface area contributed by atoms with Gasteiger partial charge in [0.05, 0.1) is 0 Å². The Hall–Kier alpha value is -0.830. The summed E-state index contributed by atoms with van der Waals surface area (Å²) in [5.74, 6) is -0.654. The molecule has 0 aromatic carbocycles. The summed E-state index contributed by atoms with van der Waals surface area (Å²) in [7, 11) is 0. The van der Waals surface area contributed by atoms with Crippen LogP contribution in [0.15, 0.2) is 12.2 Å². The molecule has 0 aliphatic carbocycles. The lowest BCUT2D eigenvalue weighted by Gasteiger charge is -2.29. The number of nitrogens with one attached hydrogen (secondary N) is 1. The van der Waals surface area contributed by atoms with E-state index in [9.17, 15) is 4.79 Å². The Morgan fingerprint density at radius 3 is 2.75 bits per heavy atom. The van der Waals surface area contributed by atoms with Crippen molar-refractivity contribution < 1.29 is 9.90 Å². The quantitative estimate of drug-likeness (QED) is 0.607. The van der Waals surface area contributed by atoms with Gasteiger partial charge < -0.3 is 10.4 Å². The summed E-state index contributed by atoms with van der Waals surface area (Å²) in [5.41, 5.74) is 0.967. The van der Waals surface area contributed by atoms with Crippen molar-refractivity contribution in [3.63, 3.8) is 0 Å². The molecule has 1 aliphatic heterocycles. The average molecular weight is 169 g/mol. The maximum atomic E-state index is 10.8. The third kappa shape index (κ3) is 1.85. The van der Waals surface area contributed by atoms with E-state index in [2.05, 4.69) is 11.9 Å². The third-order valence-corrected chi connectivity index (χ3v) is 2.36. The molecular weight excluding hydrogens is 154 g/mol. The highest BCUT2D eigenvalue weighted by Crippen LogP contribution is 2.22. The molecule has 0 amide bonds. The monoisotopic (exact) mass is 169 g/mol. The highest BCUT2D eigenvalue weighted by atomic mass is 16.4. The van der Waals surface area contributed by atoms with E-state index in [1.807, 2.05) is 6.92 Å². The summed E-state index contributed by atoms with van der Waals surface area (Å²) in [6.45, 7) is 6.51. The fourth-order valence-corrected chi connectivity index (χ4v) is 1.68. The second-order valence-electron chi connectivity index (χ2n) is 3.37. The summed E-state index contributed by atoms with van der Waals surface area (Å²) >= 11 is 0. The molecule has 0 bridgehead atoms. The predicted octanol–water partition coefficient (Wildman–Crippen LogP) is 1.02. The van der Waals surface area contributed by atoms with Crippen molar-refractivity contribution in [2.45, 2.75) is 25.8 Å². The third-order valence-electron chi connectivity index (χ3n) is 2.36. The number of carboxylic acids is 1. The fraction of sp³-hybridized carbons (Fsp3) is 0.667. The molecule has 2 atom stereocenters. The van der Waals surface area contributed by atoms with Crippen molar-refractivity contribution in [3.8, 4) is 0 Å². The summed E-state index contributed by atoms with van der Waals surface area (Å²) in [6, 6.07) is -0.420. The minimum atomic E-state index is -0.761. The van der Waals surface area contributed by atoms with E-state index in [4.69, 9.17) is 5.11 Å². The lowest BCUT2D eigenvalue weighted by atomic mass is 9.86. The lowest BCUT2D eigenvalue weighted by Crippen LogP contribution is -2.47. The molecule has 1 fully saturated rings. The molecule has 0 aromatic heterocycles. The molecule has 0 aromatic rings. The number of carbonyl (C=O) groups is 1. The molecule has 68 valence electrons. The number of rotatable bonds is 2. The van der Waals surface area contributed by atoms with Crippen LogP contribution in [0.4, 0.5) is 0 Å². The summed E-state index contributed by atoms with van der Waals surface area (Å²) < 4.78 is 0. The van der Waals surface area contributed by atoms with E-state index < -0.39 is 12.0 Å². The van der Waals surface area contributed by atoms with Gasteiger partial charge in [-0.15, -0.1) is 0 Å². The van der Waals surface area contributed by atoms with Crippen LogP contribution in [0.1, 0.15) is 19.8 Å². The molecule has 1 heterocycles. The van der Waals surface area contributed by atoms with E-state index in [1.54, 1.807) is 0 Å². The molecule has 1 saturated heterocycles. The second kappa shape index (κ2) is 3.72. The molecule has 1 aliphatic rings. The number of hydrogen-bond acceptors (Lipinski definition) is 2. The first-order chi connectivity index (χ1) is 5.63. The normalized spacial score (nSPS) is 29.8. The van der Waals surface area contributed by atoms with Crippen molar-refractivity contribution in [1.29, 1.82) is 0 Å². The van der Waals surface area contributed by atoms with Crippen LogP contribution in [0.5, 0.6) is 0 Å². The van der Waals surface area contributed by atoms with E-state index in [0.717, 1.165) is 25.0 Å². The molecule has 0 unspecified atom stereocenters. The zero-order chi connectivity index (χ0) is 9.14. The lowest BCUT2D eigenvalue weighted by molar-refractivity contribution is -0.141. The predicted molar refractivity (Wildman–Crippen MR) is 47.0 cm³/mol. The maximum absolute atomic E-state index is 10.8. The Morgan fingerprint density at radius 2 is 2.33 bits per heavy atom. The van der Waals surface area contributed by atoms with Crippen LogP contribution in [0.25, 0.3) is 0 Å². The van der Waals surface area contributed by atoms with Crippen LogP contribution in [0.3, 0.4) is 0 Å². The number of piperidine rings is 1. The van der Waals surface area contributed by atoms with E-state index >= 15 is 0 Å². The Kier molecular flexibility index (Phi) is 2.87. The maximum Gasteiger partial charge on any atom is 0.321 e. The van der Waals surface area contributed by atoms with Gasteiger partial charge in [-0.25, -0.2) is 0 Å². The molecule has 0 radical (unpaired) electrons. The van der Waals surface area contributed by atoms with Gasteiger partial charge in [-0.3, -0.25) is 4.79 Å². The van der Waals surface area contributed by atoms with Crippen LogP contribution in [0.2, 0.25) is 0 Å². The van der Waals surface area contributed by atoms with Gasteiger partial charge in [-0.1, -0.05) is 12.2 Å². The number of carboxylic acid groups (broad SMARTS) is 1. The fourth-order valence-electron chi connectivity index (χ4n) is 1.68. The summed E-state index contributed by atoms with van der Waals surface area (Å²) in [4.78, 5) is 10.8. The van der Waals surface area contributed by atoms with E-state index in [1.165, 1.54) is 0 Å². The van der Waals surface area contributed by atoms with Gasteiger partial charge in [0.2, 0.25) is 0 Å². The molecule has 0 saturated carbocycles. The zero-order valence-corrected chi connectivity index (χ0v) is 7.34. The van der Waals surface area contributed by atoms with Crippen molar-refractivity contribution in [3.05, 3.63) is 12.2 Å². The van der Waals surface area contributed by atoms with Crippen molar-refractivity contribution >= 4 is 5.97 Å². The van der Waals surface area contributed by atoms with Crippen LogP contribution in [0, 0.1) is 5.92 Å². The topological polar surface area (TPSA) is 49.3 Å². The smallest absolute Gasteiger partial charge is 0.321 e. The van der Waals surface area contributed by atoms with Crippen LogP contribution in [-0.2, 0) is 4.79 Å². The molecule has 3 nitrogen and oxygen atoms in total. The average Bonchev–Trinajstić information content (AvgIpc) is 2.04. The zero-order valence-electron chi connectivity index (χ0n) is 7.34. The minimum absolute atomic E-state index is 0.108. The highest BCUT2D eigenvalue weighted by molar-refractivity contribution is 5.74. The molecule has 0 spiro atoms. The van der Waals surface area contributed by atoms with Crippen molar-refractivity contribution in [1.82, 2.24) is 5.32 Å². The van der Waals surface area contributed by atoms with Gasteiger partial charge in [0.1, 0.15) is 6.04 Å². The summed E-state index contributed by atoms with van der Waals surface area (Å²) in [5, 5.41) is 11.8. The van der Waals surface area contributed by atoms with Crippen molar-refractivity contribution in [2.75, 3.05) is 6.54 Å². The molecule has 12 heavy (non-hydrogen) atoms. The molecular formula is C9H15NO2. The first-order valence-corrected chi connectivity index (χ1v) is 4.24. The molecule has 2 N–H and O–H groups in total. The van der Waals surface area contributed by atoms with Gasteiger partial charge in [0, 0.05) is 5.92 Å². The first kappa shape index (κ1) is 9.26. The van der Waals surface area contributed by atoms with Gasteiger partial charge in [0.25, 0.3) is 0 Å². The van der Waals surface area contributed by atoms with Crippen LogP contribution in [-0.4, -0.2) is 23.7 Å². The standard InChI is InChI=1S/C9H15NO2/c1-6(2)7-4-3-5-10-8(7)9(11)12/h7-8,10H,1,3-5H2,2H3,(H,11,12)/t7-,8+/m0/s1. The minimum Gasteiger partial charge on any atom is -0.480 e. The van der Waals surface area contributed by atoms with Gasteiger partial charge in [0.15, 0.2) is 0 Å². The second-order valence-corrected chi connectivity index (χ2v) is 3.37. The Labute approximate surface area is 72.5 Å². The van der Waals surface area contributed by atoms with Crippen molar-refractivity contribution in [2.24, 2.45) is 5.92 Å². The van der Waals surface area contributed by atoms with Crippen LogP contribution < -0.4 is 5.32 Å². The largest absolute Gasteiger partial charge is 0.480 e. The Morgan fingerprint density at radius 1 is 1.67 bits per heavy atom. The van der Waals surface area contributed by atoms with Crippen LogP contribution >= 0.6 is 0 Å². The molecule has 3 heteroatoms. The number of aliphatic carboxylic acids is 1. The van der Waals surface area contributed by atoms with E-state index in [-0.39, 0.29) is 5.92 Å². The highest BCUT2D eigenvalue weighted by Gasteiger charge is 2.30.